The zero-order valence-electron chi connectivity index (χ0n) is 13.2. The molecule has 4 heteroatoms. The number of rotatable bonds is 5. The van der Waals surface area contributed by atoms with Gasteiger partial charge in [0.05, 0.1) is 0 Å². The normalized spacial score (nSPS) is 16.2. The molecule has 0 bridgehead atoms. The summed E-state index contributed by atoms with van der Waals surface area (Å²) in [6, 6.07) is 18.5. The van der Waals surface area contributed by atoms with Gasteiger partial charge in [0, 0.05) is 36.9 Å². The molecule has 23 heavy (non-hydrogen) atoms. The highest BCUT2D eigenvalue weighted by Gasteiger charge is 2.19. The van der Waals surface area contributed by atoms with Crippen molar-refractivity contribution < 1.29 is 4.79 Å². The van der Waals surface area contributed by atoms with E-state index in [-0.39, 0.29) is 5.91 Å². The van der Waals surface area contributed by atoms with Crippen LogP contribution in [0, 0.1) is 0 Å². The molecule has 0 atom stereocenters. The molecule has 0 radical (unpaired) electrons. The second-order valence-electron chi connectivity index (χ2n) is 6.12. The van der Waals surface area contributed by atoms with Gasteiger partial charge in [-0.3, -0.25) is 9.69 Å². The number of hydrogen-bond acceptors (Lipinski definition) is 3. The highest BCUT2D eigenvalue weighted by atomic mass is 16.1. The molecule has 3 rings (SSSR count). The Morgan fingerprint density at radius 1 is 1.04 bits per heavy atom. The zero-order chi connectivity index (χ0) is 16.1. The lowest BCUT2D eigenvalue weighted by Gasteiger charge is -2.33. The maximum atomic E-state index is 11.1. The number of amides is 1. The summed E-state index contributed by atoms with van der Waals surface area (Å²) in [7, 11) is 0. The number of nitrogens with two attached hydrogens (primary N) is 1. The van der Waals surface area contributed by atoms with Crippen LogP contribution in [0.25, 0.3) is 0 Å². The van der Waals surface area contributed by atoms with Crippen molar-refractivity contribution in [3.8, 4) is 0 Å². The van der Waals surface area contributed by atoms with Crippen LogP contribution in [0.1, 0.15) is 28.8 Å². The van der Waals surface area contributed by atoms with Gasteiger partial charge in [-0.25, -0.2) is 0 Å². The fraction of sp³-hybridized carbons (Fsp3) is 0.316. The number of primary amides is 1. The van der Waals surface area contributed by atoms with Crippen LogP contribution in [0.3, 0.4) is 0 Å². The van der Waals surface area contributed by atoms with Crippen LogP contribution in [-0.4, -0.2) is 29.9 Å². The Balaban J connectivity index is 1.48. The lowest BCUT2D eigenvalue weighted by atomic mass is 10.0. The lowest BCUT2D eigenvalue weighted by molar-refractivity contribution is 0.100. The molecule has 1 amide bonds. The lowest BCUT2D eigenvalue weighted by Crippen LogP contribution is -2.38. The fourth-order valence-corrected chi connectivity index (χ4v) is 3.04. The van der Waals surface area contributed by atoms with E-state index >= 15 is 0 Å². The van der Waals surface area contributed by atoms with Crippen molar-refractivity contribution >= 4 is 11.6 Å². The molecule has 1 heterocycles. The predicted octanol–water partition coefficient (Wildman–Crippen LogP) is 2.86. The van der Waals surface area contributed by atoms with Gasteiger partial charge in [0.2, 0.25) is 5.91 Å². The Morgan fingerprint density at radius 3 is 2.30 bits per heavy atom. The van der Waals surface area contributed by atoms with Crippen LogP contribution in [0.15, 0.2) is 54.6 Å². The van der Waals surface area contributed by atoms with Crippen LogP contribution in [0.2, 0.25) is 0 Å². The van der Waals surface area contributed by atoms with Gasteiger partial charge in [-0.05, 0) is 42.7 Å². The van der Waals surface area contributed by atoms with Crippen LogP contribution < -0.4 is 11.1 Å². The van der Waals surface area contributed by atoms with Gasteiger partial charge in [-0.2, -0.15) is 0 Å². The first-order valence-electron chi connectivity index (χ1n) is 8.13. The summed E-state index contributed by atoms with van der Waals surface area (Å²) in [6.07, 6.45) is 2.26. The highest BCUT2D eigenvalue weighted by Crippen LogP contribution is 2.18. The molecule has 0 saturated carbocycles. The van der Waals surface area contributed by atoms with Crippen LogP contribution >= 0.6 is 0 Å². The van der Waals surface area contributed by atoms with Gasteiger partial charge >= 0.3 is 0 Å². The first kappa shape index (κ1) is 15.6. The SMILES string of the molecule is NC(=O)c1ccc(NC2CCN(Cc3ccccc3)CC2)cc1. The Kier molecular flexibility index (Phi) is 4.93. The molecule has 1 fully saturated rings. The summed E-state index contributed by atoms with van der Waals surface area (Å²) in [4.78, 5) is 13.6. The third kappa shape index (κ3) is 4.33. The molecule has 2 aromatic carbocycles. The van der Waals surface area contributed by atoms with Crippen LogP contribution in [0.4, 0.5) is 5.69 Å². The third-order valence-corrected chi connectivity index (χ3v) is 4.38. The van der Waals surface area contributed by atoms with Crippen molar-refractivity contribution in [3.05, 3.63) is 65.7 Å². The van der Waals surface area contributed by atoms with Gasteiger partial charge in [0.1, 0.15) is 0 Å². The molecule has 3 N–H and O–H groups in total. The molecule has 1 aliphatic heterocycles. The molecule has 0 unspecified atom stereocenters. The molecule has 2 aromatic rings. The Labute approximate surface area is 137 Å². The van der Waals surface area contributed by atoms with E-state index < -0.39 is 0 Å². The number of benzene rings is 2. The standard InChI is InChI=1S/C19H23N3O/c20-19(23)16-6-8-17(9-7-16)21-18-10-12-22(13-11-18)14-15-4-2-1-3-5-15/h1-9,18,21H,10-14H2,(H2,20,23). The van der Waals surface area contributed by atoms with Gasteiger partial charge < -0.3 is 11.1 Å². The average molecular weight is 309 g/mol. The molecule has 1 saturated heterocycles. The summed E-state index contributed by atoms with van der Waals surface area (Å²) < 4.78 is 0. The molecule has 1 aliphatic rings. The van der Waals surface area contributed by atoms with Gasteiger partial charge in [-0.15, -0.1) is 0 Å². The monoisotopic (exact) mass is 309 g/mol. The van der Waals surface area contributed by atoms with Crippen LogP contribution in [-0.2, 0) is 6.54 Å². The predicted molar refractivity (Wildman–Crippen MR) is 93.3 cm³/mol. The molecule has 120 valence electrons. The summed E-state index contributed by atoms with van der Waals surface area (Å²) in [6.45, 7) is 3.23. The van der Waals surface area contributed by atoms with Crippen molar-refractivity contribution in [2.24, 2.45) is 5.73 Å². The summed E-state index contributed by atoms with van der Waals surface area (Å²) in [5.41, 5.74) is 8.24. The number of carbonyl (C=O) groups excluding carboxylic acids is 1. The van der Waals surface area contributed by atoms with E-state index in [9.17, 15) is 4.79 Å². The van der Waals surface area contributed by atoms with E-state index in [4.69, 9.17) is 5.73 Å². The van der Waals surface area contributed by atoms with E-state index in [1.807, 2.05) is 12.1 Å². The topological polar surface area (TPSA) is 58.4 Å². The van der Waals surface area contributed by atoms with E-state index in [0.29, 0.717) is 11.6 Å². The Morgan fingerprint density at radius 2 is 1.70 bits per heavy atom. The maximum Gasteiger partial charge on any atom is 0.248 e. The van der Waals surface area contributed by atoms with Crippen molar-refractivity contribution in [1.82, 2.24) is 4.90 Å². The molecular weight excluding hydrogens is 286 g/mol. The number of nitrogens with zero attached hydrogens (tertiary/aromatic N) is 1. The first-order chi connectivity index (χ1) is 11.2. The summed E-state index contributed by atoms with van der Waals surface area (Å²) >= 11 is 0. The highest BCUT2D eigenvalue weighted by molar-refractivity contribution is 5.93. The minimum absolute atomic E-state index is 0.384. The number of likely N-dealkylation sites (tertiary alicyclic amines) is 1. The first-order valence-corrected chi connectivity index (χ1v) is 8.13. The smallest absolute Gasteiger partial charge is 0.248 e. The van der Waals surface area contributed by atoms with E-state index in [1.165, 1.54) is 5.56 Å². The third-order valence-electron chi connectivity index (χ3n) is 4.38. The summed E-state index contributed by atoms with van der Waals surface area (Å²) in [5, 5.41) is 3.55. The second kappa shape index (κ2) is 7.29. The quantitative estimate of drug-likeness (QED) is 0.893. The number of hydrogen-bond donors (Lipinski definition) is 2. The van der Waals surface area contributed by atoms with Gasteiger partial charge in [-0.1, -0.05) is 30.3 Å². The molecule has 0 aliphatic carbocycles. The number of piperidine rings is 1. The molecule has 0 spiro atoms. The molecular formula is C19H23N3O. The van der Waals surface area contributed by atoms with Crippen molar-refractivity contribution in [3.63, 3.8) is 0 Å². The number of anilines is 1. The zero-order valence-corrected chi connectivity index (χ0v) is 13.2. The van der Waals surface area contributed by atoms with E-state index in [2.05, 4.69) is 40.5 Å². The average Bonchev–Trinajstić information content (AvgIpc) is 2.58. The van der Waals surface area contributed by atoms with E-state index in [1.54, 1.807) is 12.1 Å². The maximum absolute atomic E-state index is 11.1. The summed E-state index contributed by atoms with van der Waals surface area (Å²) in [5.74, 6) is -0.384. The molecule has 0 aromatic heterocycles. The van der Waals surface area contributed by atoms with Crippen LogP contribution in [0.5, 0.6) is 0 Å². The van der Waals surface area contributed by atoms with Crippen molar-refractivity contribution in [2.75, 3.05) is 18.4 Å². The van der Waals surface area contributed by atoms with Crippen molar-refractivity contribution in [2.45, 2.75) is 25.4 Å². The van der Waals surface area contributed by atoms with Gasteiger partial charge in [0.15, 0.2) is 0 Å². The minimum Gasteiger partial charge on any atom is -0.382 e. The Hall–Kier alpha value is -2.33. The Bertz CT molecular complexity index is 631. The number of carbonyl (C=O) groups is 1. The van der Waals surface area contributed by atoms with E-state index in [0.717, 1.165) is 38.2 Å². The minimum atomic E-state index is -0.384. The van der Waals surface area contributed by atoms with Crippen molar-refractivity contribution in [1.29, 1.82) is 0 Å². The molecule has 4 nitrogen and oxygen atoms in total. The second-order valence-corrected chi connectivity index (χ2v) is 6.12. The number of nitrogens with one attached hydrogen (secondary N) is 1. The fourth-order valence-electron chi connectivity index (χ4n) is 3.04. The van der Waals surface area contributed by atoms with Gasteiger partial charge in [0.25, 0.3) is 0 Å². The largest absolute Gasteiger partial charge is 0.382 e.